The van der Waals surface area contributed by atoms with Crippen molar-refractivity contribution in [1.29, 1.82) is 0 Å². The highest BCUT2D eigenvalue weighted by atomic mass is 16.4. The van der Waals surface area contributed by atoms with Crippen LogP contribution >= 0.6 is 0 Å². The Kier molecular flexibility index (Phi) is 3.74. The monoisotopic (exact) mass is 277 g/mol. The summed E-state index contributed by atoms with van der Waals surface area (Å²) in [6.45, 7) is 1.50. The highest BCUT2D eigenvalue weighted by Gasteiger charge is 2.39. The van der Waals surface area contributed by atoms with E-state index in [0.29, 0.717) is 5.69 Å². The summed E-state index contributed by atoms with van der Waals surface area (Å²) in [7, 11) is 0. The third-order valence-corrected chi connectivity index (χ3v) is 3.40. The van der Waals surface area contributed by atoms with Crippen LogP contribution in [-0.4, -0.2) is 34.1 Å². The average molecular weight is 277 g/mol. The second kappa shape index (κ2) is 5.32. The van der Waals surface area contributed by atoms with Gasteiger partial charge in [0.05, 0.1) is 6.42 Å². The molecule has 0 spiro atoms. The van der Waals surface area contributed by atoms with Gasteiger partial charge in [-0.05, 0) is 11.6 Å². The van der Waals surface area contributed by atoms with Crippen LogP contribution in [0.4, 0.5) is 5.69 Å². The second-order valence-electron chi connectivity index (χ2n) is 4.89. The van der Waals surface area contributed by atoms with E-state index in [1.165, 1.54) is 11.8 Å². The first-order chi connectivity index (χ1) is 9.41. The third kappa shape index (κ3) is 2.49. The molecular formula is C14H15NO5. The molecule has 1 aliphatic heterocycles. The van der Waals surface area contributed by atoms with Crippen molar-refractivity contribution in [3.63, 3.8) is 0 Å². The topological polar surface area (TPSA) is 94.9 Å². The quantitative estimate of drug-likeness (QED) is 0.860. The minimum Gasteiger partial charge on any atom is -0.481 e. The Bertz CT molecular complexity index is 568. The molecule has 106 valence electrons. The summed E-state index contributed by atoms with van der Waals surface area (Å²) in [6, 6.07) is 6.01. The summed E-state index contributed by atoms with van der Waals surface area (Å²) in [5.41, 5.74) is 1.35. The maximum Gasteiger partial charge on any atom is 0.327 e. The average Bonchev–Trinajstić information content (AvgIpc) is 2.76. The SMILES string of the molecule is C[C@@H](CC(=O)O)C(=O)N1c2ccccc2C[C@H]1C(=O)O. The van der Waals surface area contributed by atoms with Crippen LogP contribution in [0, 0.1) is 5.92 Å². The number of fused-ring (bicyclic) bond motifs is 1. The van der Waals surface area contributed by atoms with E-state index in [-0.39, 0.29) is 12.8 Å². The van der Waals surface area contributed by atoms with Crippen LogP contribution in [0.15, 0.2) is 24.3 Å². The molecule has 1 aromatic rings. The van der Waals surface area contributed by atoms with Gasteiger partial charge in [0.25, 0.3) is 0 Å². The molecule has 1 heterocycles. The van der Waals surface area contributed by atoms with E-state index in [2.05, 4.69) is 0 Å². The molecule has 0 saturated carbocycles. The number of benzene rings is 1. The van der Waals surface area contributed by atoms with Crippen molar-refractivity contribution in [1.82, 2.24) is 0 Å². The molecule has 0 radical (unpaired) electrons. The van der Waals surface area contributed by atoms with Gasteiger partial charge in [-0.1, -0.05) is 25.1 Å². The summed E-state index contributed by atoms with van der Waals surface area (Å²) in [5, 5.41) is 18.0. The van der Waals surface area contributed by atoms with Gasteiger partial charge in [-0.2, -0.15) is 0 Å². The number of aliphatic carboxylic acids is 2. The number of hydrogen-bond acceptors (Lipinski definition) is 3. The highest BCUT2D eigenvalue weighted by Crippen LogP contribution is 2.33. The first kappa shape index (κ1) is 14.0. The molecule has 2 N–H and O–H groups in total. The van der Waals surface area contributed by atoms with Gasteiger partial charge in [0.1, 0.15) is 6.04 Å². The first-order valence-electron chi connectivity index (χ1n) is 6.27. The van der Waals surface area contributed by atoms with Crippen LogP contribution < -0.4 is 4.90 Å². The largest absolute Gasteiger partial charge is 0.481 e. The lowest BCUT2D eigenvalue weighted by Crippen LogP contribution is -2.45. The number of nitrogens with zero attached hydrogens (tertiary/aromatic N) is 1. The van der Waals surface area contributed by atoms with E-state index in [0.717, 1.165) is 5.56 Å². The van der Waals surface area contributed by atoms with Gasteiger partial charge in [0.15, 0.2) is 0 Å². The Morgan fingerprint density at radius 1 is 1.30 bits per heavy atom. The fourth-order valence-electron chi connectivity index (χ4n) is 2.44. The van der Waals surface area contributed by atoms with Gasteiger partial charge in [0, 0.05) is 18.0 Å². The third-order valence-electron chi connectivity index (χ3n) is 3.40. The second-order valence-corrected chi connectivity index (χ2v) is 4.89. The molecule has 6 nitrogen and oxygen atoms in total. The zero-order chi connectivity index (χ0) is 14.9. The molecule has 1 aliphatic rings. The molecule has 0 fully saturated rings. The molecule has 20 heavy (non-hydrogen) atoms. The number of para-hydroxylation sites is 1. The predicted molar refractivity (Wildman–Crippen MR) is 70.5 cm³/mol. The zero-order valence-electron chi connectivity index (χ0n) is 10.9. The number of anilines is 1. The van der Waals surface area contributed by atoms with E-state index < -0.39 is 29.8 Å². The number of amides is 1. The zero-order valence-corrected chi connectivity index (χ0v) is 10.9. The lowest BCUT2D eigenvalue weighted by molar-refractivity contribution is -0.141. The van der Waals surface area contributed by atoms with Crippen molar-refractivity contribution in [3.05, 3.63) is 29.8 Å². The number of rotatable bonds is 4. The molecule has 6 heteroatoms. The van der Waals surface area contributed by atoms with Crippen LogP contribution in [0.3, 0.4) is 0 Å². The Morgan fingerprint density at radius 2 is 1.95 bits per heavy atom. The Hall–Kier alpha value is -2.37. The highest BCUT2D eigenvalue weighted by molar-refractivity contribution is 6.03. The first-order valence-corrected chi connectivity index (χ1v) is 6.27. The van der Waals surface area contributed by atoms with Gasteiger partial charge < -0.3 is 10.2 Å². The van der Waals surface area contributed by atoms with Crippen molar-refractivity contribution in [2.24, 2.45) is 5.92 Å². The molecule has 0 saturated heterocycles. The van der Waals surface area contributed by atoms with Crippen LogP contribution in [-0.2, 0) is 20.8 Å². The molecule has 0 aliphatic carbocycles. The molecular weight excluding hydrogens is 262 g/mol. The Balaban J connectivity index is 2.33. The maximum absolute atomic E-state index is 12.4. The molecule has 1 aromatic carbocycles. The normalized spacial score (nSPS) is 18.4. The van der Waals surface area contributed by atoms with Gasteiger partial charge in [-0.25, -0.2) is 4.79 Å². The van der Waals surface area contributed by atoms with Crippen molar-refractivity contribution in [3.8, 4) is 0 Å². The molecule has 0 aromatic heterocycles. The van der Waals surface area contributed by atoms with Crippen molar-refractivity contribution < 1.29 is 24.6 Å². The van der Waals surface area contributed by atoms with Crippen LogP contribution in [0.5, 0.6) is 0 Å². The van der Waals surface area contributed by atoms with E-state index in [4.69, 9.17) is 5.11 Å². The minimum atomic E-state index is -1.09. The number of hydrogen-bond donors (Lipinski definition) is 2. The predicted octanol–water partition coefficient (Wildman–Crippen LogP) is 1.14. The summed E-state index contributed by atoms with van der Waals surface area (Å²) in [5.74, 6) is -3.40. The molecule has 0 bridgehead atoms. The van der Waals surface area contributed by atoms with Gasteiger partial charge in [-0.3, -0.25) is 14.5 Å². The van der Waals surface area contributed by atoms with Crippen LogP contribution in [0.25, 0.3) is 0 Å². The van der Waals surface area contributed by atoms with E-state index in [1.54, 1.807) is 24.3 Å². The summed E-state index contributed by atoms with van der Waals surface area (Å²) < 4.78 is 0. The van der Waals surface area contributed by atoms with Gasteiger partial charge in [-0.15, -0.1) is 0 Å². The lowest BCUT2D eigenvalue weighted by Gasteiger charge is -2.25. The van der Waals surface area contributed by atoms with Crippen molar-refractivity contribution >= 4 is 23.5 Å². The summed E-state index contributed by atoms with van der Waals surface area (Å²) in [4.78, 5) is 35.6. The Labute approximate surface area is 115 Å². The van der Waals surface area contributed by atoms with Crippen LogP contribution in [0.1, 0.15) is 18.9 Å². The lowest BCUT2D eigenvalue weighted by atomic mass is 10.1. The number of carbonyl (C=O) groups excluding carboxylic acids is 1. The van der Waals surface area contributed by atoms with Crippen LogP contribution in [0.2, 0.25) is 0 Å². The molecule has 0 unspecified atom stereocenters. The fraction of sp³-hybridized carbons (Fsp3) is 0.357. The van der Waals surface area contributed by atoms with Crippen molar-refractivity contribution in [2.75, 3.05) is 4.90 Å². The fourth-order valence-corrected chi connectivity index (χ4v) is 2.44. The van der Waals surface area contributed by atoms with E-state index in [9.17, 15) is 19.5 Å². The molecule has 2 rings (SSSR count). The van der Waals surface area contributed by atoms with E-state index in [1.807, 2.05) is 0 Å². The minimum absolute atomic E-state index is 0.247. The maximum atomic E-state index is 12.4. The standard InChI is InChI=1S/C14H15NO5/c1-8(6-12(16)17)13(18)15-10-5-3-2-4-9(10)7-11(15)14(19)20/h2-5,8,11H,6-7H2,1H3,(H,16,17)(H,19,20)/t8-,11-/m0/s1. The van der Waals surface area contributed by atoms with Crippen molar-refractivity contribution in [2.45, 2.75) is 25.8 Å². The van der Waals surface area contributed by atoms with E-state index >= 15 is 0 Å². The molecule has 1 amide bonds. The van der Waals surface area contributed by atoms with Gasteiger partial charge >= 0.3 is 11.9 Å². The van der Waals surface area contributed by atoms with Gasteiger partial charge in [0.2, 0.25) is 5.91 Å². The Morgan fingerprint density at radius 3 is 2.55 bits per heavy atom. The summed E-state index contributed by atoms with van der Waals surface area (Å²) >= 11 is 0. The molecule has 2 atom stereocenters. The smallest absolute Gasteiger partial charge is 0.327 e. The number of carbonyl (C=O) groups is 3. The number of carboxylic acids is 2. The number of carboxylic acid groups (broad SMARTS) is 2. The summed E-state index contributed by atoms with van der Waals surface area (Å²) in [6.07, 6.45) is -0.0686.